The lowest BCUT2D eigenvalue weighted by Crippen LogP contribution is -2.43. The zero-order chi connectivity index (χ0) is 20.4. The summed E-state index contributed by atoms with van der Waals surface area (Å²) in [7, 11) is 0. The van der Waals surface area contributed by atoms with E-state index in [4.69, 9.17) is 0 Å². The first-order valence-corrected chi connectivity index (χ1v) is 9.43. The molecule has 0 aliphatic carbocycles. The van der Waals surface area contributed by atoms with Crippen LogP contribution in [0.2, 0.25) is 0 Å². The van der Waals surface area contributed by atoms with Crippen LogP contribution in [-0.2, 0) is 20.8 Å². The zero-order valence-electron chi connectivity index (χ0n) is 16.4. The number of carbonyl (C=O) groups excluding carboxylic acids is 3. The van der Waals surface area contributed by atoms with Crippen molar-refractivity contribution in [3.63, 3.8) is 0 Å². The largest absolute Gasteiger partial charge is 0.345 e. The standard InChI is InChI=1S/C22H27N3O3/c1-3-13-25(22(28)14-18-7-5-4-6-8-18)16-21(27)23-15-20(26)24-19-11-9-17(2)10-12-19/h4-12H,3,13-16H2,1-2H3,(H,23,27)(H,24,26). The Morgan fingerprint density at radius 1 is 0.929 bits per heavy atom. The minimum absolute atomic E-state index is 0.0582. The summed E-state index contributed by atoms with van der Waals surface area (Å²) in [5, 5.41) is 5.30. The van der Waals surface area contributed by atoms with Crippen molar-refractivity contribution in [1.82, 2.24) is 10.2 Å². The van der Waals surface area contributed by atoms with E-state index in [-0.39, 0.29) is 37.2 Å². The van der Waals surface area contributed by atoms with Crippen molar-refractivity contribution in [3.8, 4) is 0 Å². The third-order valence-corrected chi connectivity index (χ3v) is 4.16. The molecule has 0 unspecified atom stereocenters. The first-order valence-electron chi connectivity index (χ1n) is 9.43. The molecule has 0 heterocycles. The molecule has 0 aromatic heterocycles. The van der Waals surface area contributed by atoms with Crippen LogP contribution in [0.15, 0.2) is 54.6 Å². The molecule has 0 fully saturated rings. The van der Waals surface area contributed by atoms with Gasteiger partial charge in [0.15, 0.2) is 0 Å². The van der Waals surface area contributed by atoms with Gasteiger partial charge in [0.25, 0.3) is 0 Å². The smallest absolute Gasteiger partial charge is 0.243 e. The number of aryl methyl sites for hydroxylation is 1. The van der Waals surface area contributed by atoms with Gasteiger partial charge in [-0.1, -0.05) is 55.0 Å². The van der Waals surface area contributed by atoms with E-state index in [1.54, 1.807) is 12.1 Å². The fourth-order valence-corrected chi connectivity index (χ4v) is 2.69. The van der Waals surface area contributed by atoms with Crippen LogP contribution >= 0.6 is 0 Å². The summed E-state index contributed by atoms with van der Waals surface area (Å²) in [6.07, 6.45) is 1.00. The van der Waals surface area contributed by atoms with E-state index in [0.717, 1.165) is 17.5 Å². The number of nitrogens with zero attached hydrogens (tertiary/aromatic N) is 1. The Balaban J connectivity index is 1.81. The average Bonchev–Trinajstić information content (AvgIpc) is 2.68. The minimum atomic E-state index is -0.353. The highest BCUT2D eigenvalue weighted by Gasteiger charge is 2.17. The van der Waals surface area contributed by atoms with Crippen LogP contribution in [0.3, 0.4) is 0 Å². The SMILES string of the molecule is CCCN(CC(=O)NCC(=O)Nc1ccc(C)cc1)C(=O)Cc1ccccc1. The second-order valence-electron chi connectivity index (χ2n) is 6.67. The summed E-state index contributed by atoms with van der Waals surface area (Å²) in [6, 6.07) is 16.8. The maximum Gasteiger partial charge on any atom is 0.243 e. The Hall–Kier alpha value is -3.15. The lowest BCUT2D eigenvalue weighted by molar-refractivity contribution is -0.135. The number of hydrogen-bond donors (Lipinski definition) is 2. The van der Waals surface area contributed by atoms with Gasteiger partial charge in [-0.3, -0.25) is 14.4 Å². The van der Waals surface area contributed by atoms with Gasteiger partial charge in [0.1, 0.15) is 0 Å². The van der Waals surface area contributed by atoms with Crippen molar-refractivity contribution in [2.24, 2.45) is 0 Å². The lowest BCUT2D eigenvalue weighted by Gasteiger charge is -2.21. The van der Waals surface area contributed by atoms with Gasteiger partial charge in [-0.25, -0.2) is 0 Å². The summed E-state index contributed by atoms with van der Waals surface area (Å²) in [5.41, 5.74) is 2.68. The number of nitrogens with one attached hydrogen (secondary N) is 2. The maximum atomic E-state index is 12.5. The summed E-state index contributed by atoms with van der Waals surface area (Å²) in [4.78, 5) is 38.2. The normalized spacial score (nSPS) is 10.2. The van der Waals surface area contributed by atoms with Crippen LogP contribution in [0, 0.1) is 6.92 Å². The van der Waals surface area contributed by atoms with Gasteiger partial charge in [0.2, 0.25) is 17.7 Å². The monoisotopic (exact) mass is 381 g/mol. The molecule has 0 radical (unpaired) electrons. The molecule has 3 amide bonds. The first-order chi connectivity index (χ1) is 13.5. The molecule has 2 aromatic rings. The van der Waals surface area contributed by atoms with Crippen molar-refractivity contribution in [1.29, 1.82) is 0 Å². The summed E-state index contributed by atoms with van der Waals surface area (Å²) < 4.78 is 0. The van der Waals surface area contributed by atoms with Crippen LogP contribution in [0.4, 0.5) is 5.69 Å². The van der Waals surface area contributed by atoms with Crippen LogP contribution in [-0.4, -0.2) is 42.3 Å². The van der Waals surface area contributed by atoms with E-state index in [1.807, 2.05) is 56.3 Å². The van der Waals surface area contributed by atoms with E-state index < -0.39 is 0 Å². The fourth-order valence-electron chi connectivity index (χ4n) is 2.69. The second-order valence-corrected chi connectivity index (χ2v) is 6.67. The molecule has 6 heteroatoms. The van der Waals surface area contributed by atoms with E-state index in [9.17, 15) is 14.4 Å². The molecular formula is C22H27N3O3. The van der Waals surface area contributed by atoms with Crippen molar-refractivity contribution >= 4 is 23.4 Å². The Morgan fingerprint density at radius 2 is 1.61 bits per heavy atom. The van der Waals surface area contributed by atoms with E-state index >= 15 is 0 Å². The average molecular weight is 381 g/mol. The molecule has 0 aliphatic rings. The van der Waals surface area contributed by atoms with Gasteiger partial charge < -0.3 is 15.5 Å². The molecule has 0 saturated heterocycles. The molecule has 2 aromatic carbocycles. The molecule has 0 bridgehead atoms. The van der Waals surface area contributed by atoms with E-state index in [2.05, 4.69) is 10.6 Å². The Morgan fingerprint density at radius 3 is 2.25 bits per heavy atom. The van der Waals surface area contributed by atoms with E-state index in [0.29, 0.717) is 12.2 Å². The van der Waals surface area contributed by atoms with Gasteiger partial charge in [0.05, 0.1) is 19.5 Å². The maximum absolute atomic E-state index is 12.5. The Kier molecular flexibility index (Phi) is 8.21. The summed E-state index contributed by atoms with van der Waals surface area (Å²) in [5.74, 6) is -0.768. The molecule has 2 N–H and O–H groups in total. The third-order valence-electron chi connectivity index (χ3n) is 4.16. The highest BCUT2D eigenvalue weighted by molar-refractivity contribution is 5.95. The minimum Gasteiger partial charge on any atom is -0.345 e. The first kappa shape index (κ1) is 21.2. The molecule has 0 aliphatic heterocycles. The molecule has 6 nitrogen and oxygen atoms in total. The van der Waals surface area contributed by atoms with Crippen molar-refractivity contribution in [3.05, 3.63) is 65.7 Å². The van der Waals surface area contributed by atoms with Crippen LogP contribution < -0.4 is 10.6 Å². The highest BCUT2D eigenvalue weighted by atomic mass is 16.2. The highest BCUT2D eigenvalue weighted by Crippen LogP contribution is 2.08. The zero-order valence-corrected chi connectivity index (χ0v) is 16.4. The van der Waals surface area contributed by atoms with Gasteiger partial charge in [-0.05, 0) is 31.0 Å². The quantitative estimate of drug-likeness (QED) is 0.701. The number of benzene rings is 2. The molecule has 0 spiro atoms. The molecule has 28 heavy (non-hydrogen) atoms. The van der Waals surface area contributed by atoms with Crippen molar-refractivity contribution in [2.75, 3.05) is 25.0 Å². The summed E-state index contributed by atoms with van der Waals surface area (Å²) >= 11 is 0. The van der Waals surface area contributed by atoms with Gasteiger partial charge in [0, 0.05) is 12.2 Å². The van der Waals surface area contributed by atoms with Gasteiger partial charge >= 0.3 is 0 Å². The predicted octanol–water partition coefficient (Wildman–Crippen LogP) is 2.53. The number of anilines is 1. The number of hydrogen-bond acceptors (Lipinski definition) is 3. The Bertz CT molecular complexity index is 788. The van der Waals surface area contributed by atoms with Gasteiger partial charge in [-0.15, -0.1) is 0 Å². The number of rotatable bonds is 9. The second kappa shape index (κ2) is 10.9. The molecule has 0 atom stereocenters. The van der Waals surface area contributed by atoms with Crippen LogP contribution in [0.5, 0.6) is 0 Å². The topological polar surface area (TPSA) is 78.5 Å². The van der Waals surface area contributed by atoms with Crippen molar-refractivity contribution < 1.29 is 14.4 Å². The van der Waals surface area contributed by atoms with Gasteiger partial charge in [-0.2, -0.15) is 0 Å². The van der Waals surface area contributed by atoms with E-state index in [1.165, 1.54) is 4.90 Å². The van der Waals surface area contributed by atoms with Crippen molar-refractivity contribution in [2.45, 2.75) is 26.7 Å². The third kappa shape index (κ3) is 7.23. The summed E-state index contributed by atoms with van der Waals surface area (Å²) in [6.45, 7) is 4.22. The fraction of sp³-hybridized carbons (Fsp3) is 0.318. The number of carbonyl (C=O) groups is 3. The molecule has 0 saturated carbocycles. The molecule has 148 valence electrons. The Labute approximate surface area is 165 Å². The number of amides is 3. The lowest BCUT2D eigenvalue weighted by atomic mass is 10.1. The molecular weight excluding hydrogens is 354 g/mol. The van der Waals surface area contributed by atoms with Crippen LogP contribution in [0.25, 0.3) is 0 Å². The molecule has 2 rings (SSSR count). The van der Waals surface area contributed by atoms with Crippen LogP contribution in [0.1, 0.15) is 24.5 Å². The predicted molar refractivity (Wildman–Crippen MR) is 110 cm³/mol.